The predicted molar refractivity (Wildman–Crippen MR) is 139 cm³/mol. The lowest BCUT2D eigenvalue weighted by Gasteiger charge is -2.36. The summed E-state index contributed by atoms with van der Waals surface area (Å²) in [5.41, 5.74) is 4.10. The number of piperazine rings is 1. The number of ether oxygens (including phenoxy) is 1. The number of rotatable bonds is 6. The molecule has 2 saturated heterocycles. The number of aromatic nitrogens is 3. The van der Waals surface area contributed by atoms with E-state index in [0.29, 0.717) is 37.6 Å². The fourth-order valence-corrected chi connectivity index (χ4v) is 4.37. The summed E-state index contributed by atoms with van der Waals surface area (Å²) in [5.74, 6) is -0.440. The van der Waals surface area contributed by atoms with Crippen LogP contribution in [0.15, 0.2) is 42.7 Å². The molecule has 3 aromatic rings. The summed E-state index contributed by atoms with van der Waals surface area (Å²) >= 11 is 0. The molecular formula is C24H29F2N7O2S. The van der Waals surface area contributed by atoms with Crippen LogP contribution in [0.2, 0.25) is 0 Å². The van der Waals surface area contributed by atoms with Gasteiger partial charge in [0.25, 0.3) is 5.91 Å². The molecule has 1 atom stereocenters. The first-order valence-corrected chi connectivity index (χ1v) is 11.7. The Morgan fingerprint density at radius 2 is 1.89 bits per heavy atom. The van der Waals surface area contributed by atoms with E-state index in [1.807, 2.05) is 30.3 Å². The SMILES string of the molecule is O=C(C(F)F)N1CCN(c2ccc(-c3cc4nccnc4c(NC[C@@H]4CNCCO4)n3)cc2)CC1.S. The predicted octanol–water partition coefficient (Wildman–Crippen LogP) is 2.12. The van der Waals surface area contributed by atoms with Gasteiger partial charge in [0.2, 0.25) is 0 Å². The van der Waals surface area contributed by atoms with Crippen molar-refractivity contribution < 1.29 is 18.3 Å². The molecule has 2 aromatic heterocycles. The van der Waals surface area contributed by atoms with Crippen LogP contribution in [0.25, 0.3) is 22.3 Å². The summed E-state index contributed by atoms with van der Waals surface area (Å²) in [7, 11) is 0. The van der Waals surface area contributed by atoms with Crippen molar-refractivity contribution in [2.24, 2.45) is 0 Å². The Balaban J connectivity index is 0.00000304. The Labute approximate surface area is 214 Å². The molecule has 2 N–H and O–H groups in total. The van der Waals surface area contributed by atoms with Gasteiger partial charge in [0.1, 0.15) is 5.52 Å². The zero-order valence-electron chi connectivity index (χ0n) is 19.7. The van der Waals surface area contributed by atoms with Crippen LogP contribution < -0.4 is 15.5 Å². The minimum atomic E-state index is -2.95. The molecule has 1 aromatic carbocycles. The largest absolute Gasteiger partial charge is 0.374 e. The van der Waals surface area contributed by atoms with Gasteiger partial charge in [-0.2, -0.15) is 22.3 Å². The average Bonchev–Trinajstić information content (AvgIpc) is 2.92. The van der Waals surface area contributed by atoms with E-state index in [-0.39, 0.29) is 32.7 Å². The number of fused-ring (bicyclic) bond motifs is 1. The van der Waals surface area contributed by atoms with Crippen LogP contribution >= 0.6 is 13.5 Å². The molecule has 4 heterocycles. The molecule has 9 nitrogen and oxygen atoms in total. The molecule has 0 saturated carbocycles. The van der Waals surface area contributed by atoms with Crippen LogP contribution in [0.3, 0.4) is 0 Å². The van der Waals surface area contributed by atoms with Gasteiger partial charge in [-0.3, -0.25) is 9.78 Å². The van der Waals surface area contributed by atoms with Crippen LogP contribution in [-0.2, 0) is 9.53 Å². The van der Waals surface area contributed by atoms with Crippen molar-refractivity contribution in [2.45, 2.75) is 12.5 Å². The Morgan fingerprint density at radius 3 is 2.58 bits per heavy atom. The third-order valence-electron chi connectivity index (χ3n) is 6.26. The molecule has 0 aliphatic carbocycles. The van der Waals surface area contributed by atoms with E-state index in [0.717, 1.165) is 35.6 Å². The van der Waals surface area contributed by atoms with E-state index in [2.05, 4.69) is 25.5 Å². The van der Waals surface area contributed by atoms with Gasteiger partial charge in [-0.05, 0) is 18.2 Å². The first-order valence-electron chi connectivity index (χ1n) is 11.7. The maximum Gasteiger partial charge on any atom is 0.315 e. The second kappa shape index (κ2) is 11.8. The number of hydrogen-bond donors (Lipinski definition) is 2. The van der Waals surface area contributed by atoms with Gasteiger partial charge in [0, 0.05) is 69.5 Å². The normalized spacial score (nSPS) is 18.2. The number of anilines is 2. The van der Waals surface area contributed by atoms with Crippen molar-refractivity contribution in [3.8, 4) is 11.3 Å². The second-order valence-electron chi connectivity index (χ2n) is 8.52. The standard InChI is InChI=1S/C24H27F2N7O2.H2S/c25-22(26)24(34)33-10-8-32(9-11-33)17-3-1-16(2-4-17)19-13-20-21(29-6-5-28-20)23(31-19)30-15-18-14-27-7-12-35-18;/h1-6,13,18,22,27H,7-12,14-15H2,(H,30,31);1H2/t18-;/m0./s1. The minimum absolute atomic E-state index is 0. The number of benzene rings is 1. The average molecular weight is 518 g/mol. The molecule has 2 aliphatic rings. The van der Waals surface area contributed by atoms with Crippen LogP contribution in [0.1, 0.15) is 0 Å². The van der Waals surface area contributed by atoms with Gasteiger partial charge >= 0.3 is 6.43 Å². The number of nitrogens with one attached hydrogen (secondary N) is 2. The molecule has 12 heteroatoms. The van der Waals surface area contributed by atoms with Gasteiger partial charge in [0.05, 0.1) is 23.9 Å². The van der Waals surface area contributed by atoms with Gasteiger partial charge in [-0.1, -0.05) is 12.1 Å². The van der Waals surface area contributed by atoms with Crippen molar-refractivity contribution in [3.63, 3.8) is 0 Å². The maximum absolute atomic E-state index is 12.7. The van der Waals surface area contributed by atoms with E-state index >= 15 is 0 Å². The number of pyridine rings is 1. The Kier molecular flexibility index (Phi) is 8.49. The van der Waals surface area contributed by atoms with Crippen molar-refractivity contribution >= 4 is 41.9 Å². The lowest BCUT2D eigenvalue weighted by atomic mass is 10.1. The number of alkyl halides is 2. The van der Waals surface area contributed by atoms with Crippen molar-refractivity contribution in [3.05, 3.63) is 42.7 Å². The molecule has 2 aliphatic heterocycles. The number of hydrogen-bond acceptors (Lipinski definition) is 8. The van der Waals surface area contributed by atoms with Gasteiger partial charge in [-0.25, -0.2) is 9.97 Å². The fourth-order valence-electron chi connectivity index (χ4n) is 4.37. The highest BCUT2D eigenvalue weighted by Gasteiger charge is 2.27. The molecule has 36 heavy (non-hydrogen) atoms. The van der Waals surface area contributed by atoms with E-state index in [9.17, 15) is 13.6 Å². The highest BCUT2D eigenvalue weighted by Crippen LogP contribution is 2.27. The van der Waals surface area contributed by atoms with E-state index in [1.54, 1.807) is 12.4 Å². The number of halogens is 2. The van der Waals surface area contributed by atoms with E-state index in [1.165, 1.54) is 4.90 Å². The van der Waals surface area contributed by atoms with Crippen LogP contribution in [0, 0.1) is 0 Å². The quantitative estimate of drug-likeness (QED) is 0.514. The van der Waals surface area contributed by atoms with Gasteiger partial charge < -0.3 is 25.2 Å². The molecule has 1 amide bonds. The third-order valence-corrected chi connectivity index (χ3v) is 6.26. The summed E-state index contributed by atoms with van der Waals surface area (Å²) in [6, 6.07) is 9.84. The topological polar surface area (TPSA) is 95.5 Å². The Bertz CT molecular complexity index is 1170. The molecule has 0 radical (unpaired) electrons. The molecule has 0 spiro atoms. The minimum Gasteiger partial charge on any atom is -0.374 e. The monoisotopic (exact) mass is 517 g/mol. The van der Waals surface area contributed by atoms with Crippen molar-refractivity contribution in [1.82, 2.24) is 25.2 Å². The van der Waals surface area contributed by atoms with Gasteiger partial charge in [-0.15, -0.1) is 0 Å². The van der Waals surface area contributed by atoms with Gasteiger partial charge in [0.15, 0.2) is 5.82 Å². The molecule has 5 rings (SSSR count). The summed E-state index contributed by atoms with van der Waals surface area (Å²) < 4.78 is 31.1. The fraction of sp³-hybridized carbons (Fsp3) is 0.417. The number of amides is 1. The zero-order chi connectivity index (χ0) is 24.2. The van der Waals surface area contributed by atoms with Crippen molar-refractivity contribution in [1.29, 1.82) is 0 Å². The lowest BCUT2D eigenvalue weighted by molar-refractivity contribution is -0.143. The first-order chi connectivity index (χ1) is 17.1. The second-order valence-corrected chi connectivity index (χ2v) is 8.52. The van der Waals surface area contributed by atoms with Crippen LogP contribution in [-0.4, -0.2) is 90.7 Å². The Hall–Kier alpha value is -3.09. The zero-order valence-corrected chi connectivity index (χ0v) is 20.7. The van der Waals surface area contributed by atoms with E-state index in [4.69, 9.17) is 9.72 Å². The van der Waals surface area contributed by atoms with E-state index < -0.39 is 12.3 Å². The highest BCUT2D eigenvalue weighted by atomic mass is 32.1. The summed E-state index contributed by atoms with van der Waals surface area (Å²) in [5, 5.41) is 6.70. The lowest BCUT2D eigenvalue weighted by Crippen LogP contribution is -2.50. The number of morpholine rings is 1. The molecular weight excluding hydrogens is 488 g/mol. The summed E-state index contributed by atoms with van der Waals surface area (Å²) in [6.07, 6.45) is 0.408. The smallest absolute Gasteiger partial charge is 0.315 e. The van der Waals surface area contributed by atoms with Crippen LogP contribution in [0.5, 0.6) is 0 Å². The first kappa shape index (κ1) is 26.0. The number of nitrogens with zero attached hydrogens (tertiary/aromatic N) is 5. The highest BCUT2D eigenvalue weighted by molar-refractivity contribution is 7.59. The maximum atomic E-state index is 12.7. The van der Waals surface area contributed by atoms with Crippen LogP contribution in [0.4, 0.5) is 20.3 Å². The number of carbonyl (C=O) groups excluding carboxylic acids is 1. The number of carbonyl (C=O) groups is 1. The van der Waals surface area contributed by atoms with Crippen molar-refractivity contribution in [2.75, 3.05) is 62.6 Å². The summed E-state index contributed by atoms with van der Waals surface area (Å²) in [4.78, 5) is 28.6. The summed E-state index contributed by atoms with van der Waals surface area (Å²) in [6.45, 7) is 4.51. The molecule has 0 unspecified atom stereocenters. The molecule has 2 fully saturated rings. The molecule has 0 bridgehead atoms. The molecule has 192 valence electrons. The third kappa shape index (κ3) is 5.82. The Morgan fingerprint density at radius 1 is 1.14 bits per heavy atom.